The third-order valence-corrected chi connectivity index (χ3v) is 4.09. The summed E-state index contributed by atoms with van der Waals surface area (Å²) in [6, 6.07) is 8.08. The average Bonchev–Trinajstić information content (AvgIpc) is 2.50. The van der Waals surface area contributed by atoms with E-state index in [-0.39, 0.29) is 30.3 Å². The molecule has 1 heterocycles. The van der Waals surface area contributed by atoms with Crippen molar-refractivity contribution in [1.29, 1.82) is 0 Å². The van der Waals surface area contributed by atoms with E-state index in [0.717, 1.165) is 11.3 Å². The first kappa shape index (κ1) is 15.4. The Morgan fingerprint density at radius 3 is 2.81 bits per heavy atom. The fourth-order valence-electron chi connectivity index (χ4n) is 2.52. The molecule has 0 aliphatic carbocycles. The van der Waals surface area contributed by atoms with Crippen LogP contribution in [0.2, 0.25) is 0 Å². The Bertz CT molecular complexity index is 530. The molecule has 114 valence electrons. The zero-order chi connectivity index (χ0) is 15.4. The molecule has 0 fully saturated rings. The summed E-state index contributed by atoms with van der Waals surface area (Å²) >= 11 is 0. The molecule has 0 saturated carbocycles. The molecule has 5 nitrogen and oxygen atoms in total. The van der Waals surface area contributed by atoms with E-state index < -0.39 is 0 Å². The molecule has 21 heavy (non-hydrogen) atoms. The monoisotopic (exact) mass is 289 g/mol. The number of nitrogens with one attached hydrogen (secondary N) is 2. The minimum atomic E-state index is -0.153. The first-order valence-electron chi connectivity index (χ1n) is 7.39. The topological polar surface area (TPSA) is 61.4 Å². The summed E-state index contributed by atoms with van der Waals surface area (Å²) in [5.41, 5.74) is 2.24. The molecule has 2 amide bonds. The van der Waals surface area contributed by atoms with E-state index in [9.17, 15) is 9.59 Å². The Labute approximate surface area is 125 Å². The highest BCUT2D eigenvalue weighted by Crippen LogP contribution is 2.28. The van der Waals surface area contributed by atoms with E-state index >= 15 is 0 Å². The minimum absolute atomic E-state index is 0.0545. The molecule has 2 unspecified atom stereocenters. The lowest BCUT2D eigenvalue weighted by Gasteiger charge is -2.31. The molecule has 0 saturated heterocycles. The van der Waals surface area contributed by atoms with Crippen LogP contribution in [0.15, 0.2) is 24.3 Å². The summed E-state index contributed by atoms with van der Waals surface area (Å²) < 4.78 is 0. The van der Waals surface area contributed by atoms with Gasteiger partial charge in [-0.2, -0.15) is 0 Å². The molecule has 5 heteroatoms. The van der Waals surface area contributed by atoms with E-state index in [1.54, 1.807) is 11.9 Å². The lowest BCUT2D eigenvalue weighted by Crippen LogP contribution is -2.46. The van der Waals surface area contributed by atoms with Crippen LogP contribution in [0.25, 0.3) is 0 Å². The number of amides is 2. The van der Waals surface area contributed by atoms with Gasteiger partial charge in [0, 0.05) is 25.3 Å². The van der Waals surface area contributed by atoms with Gasteiger partial charge in [0.25, 0.3) is 0 Å². The number of rotatable bonds is 4. The van der Waals surface area contributed by atoms with Gasteiger partial charge in [0.05, 0.1) is 12.5 Å². The molecule has 1 aromatic carbocycles. The largest absolute Gasteiger partial charge is 0.382 e. The van der Waals surface area contributed by atoms with Crippen LogP contribution in [0.3, 0.4) is 0 Å². The van der Waals surface area contributed by atoms with E-state index in [4.69, 9.17) is 0 Å². The quantitative estimate of drug-likeness (QED) is 0.877. The smallest absolute Gasteiger partial charge is 0.241 e. The zero-order valence-corrected chi connectivity index (χ0v) is 12.8. The van der Waals surface area contributed by atoms with E-state index in [0.29, 0.717) is 13.0 Å². The number of hydrogen-bond donors (Lipinski definition) is 2. The van der Waals surface area contributed by atoms with Gasteiger partial charge < -0.3 is 15.5 Å². The van der Waals surface area contributed by atoms with E-state index in [1.807, 2.05) is 38.1 Å². The average molecular weight is 289 g/mol. The van der Waals surface area contributed by atoms with Crippen LogP contribution in [-0.2, 0) is 16.0 Å². The Morgan fingerprint density at radius 2 is 2.10 bits per heavy atom. The molecule has 2 rings (SSSR count). The Morgan fingerprint density at radius 1 is 1.38 bits per heavy atom. The number of hydrogen-bond acceptors (Lipinski definition) is 3. The molecular formula is C16H23N3O2. The number of nitrogens with zero attached hydrogens (tertiary/aromatic N) is 1. The first-order chi connectivity index (χ1) is 10.0. The third-order valence-electron chi connectivity index (χ3n) is 4.09. The first-order valence-corrected chi connectivity index (χ1v) is 7.39. The number of benzene rings is 1. The molecule has 2 N–H and O–H groups in total. The van der Waals surface area contributed by atoms with Crippen LogP contribution in [-0.4, -0.2) is 42.9 Å². The minimum Gasteiger partial charge on any atom is -0.382 e. The molecular weight excluding hydrogens is 266 g/mol. The maximum atomic E-state index is 12.3. The van der Waals surface area contributed by atoms with Crippen LogP contribution in [0.1, 0.15) is 19.4 Å². The number of anilines is 1. The predicted molar refractivity (Wildman–Crippen MR) is 83.0 cm³/mol. The standard InChI is InChI=1S/C16H23N3O2/c1-4-19(3)15(20)10-17-16(21)13-9-12-7-5-6-8-14(12)18-11(13)2/h5-8,11,13,18H,4,9-10H2,1-3H3,(H,17,21). The van der Waals surface area contributed by atoms with Gasteiger partial charge in [-0.3, -0.25) is 9.59 Å². The van der Waals surface area contributed by atoms with Crippen LogP contribution in [0, 0.1) is 5.92 Å². The van der Waals surface area contributed by atoms with Gasteiger partial charge in [0.15, 0.2) is 0 Å². The van der Waals surface area contributed by atoms with Gasteiger partial charge in [-0.1, -0.05) is 18.2 Å². The Balaban J connectivity index is 1.96. The maximum absolute atomic E-state index is 12.3. The molecule has 0 radical (unpaired) electrons. The van der Waals surface area contributed by atoms with Crippen LogP contribution in [0.5, 0.6) is 0 Å². The van der Waals surface area contributed by atoms with Crippen molar-refractivity contribution in [3.05, 3.63) is 29.8 Å². The van der Waals surface area contributed by atoms with Gasteiger partial charge in [-0.05, 0) is 31.9 Å². The summed E-state index contributed by atoms with van der Waals surface area (Å²) in [6.07, 6.45) is 0.702. The molecule has 0 bridgehead atoms. The van der Waals surface area contributed by atoms with Gasteiger partial charge in [-0.15, -0.1) is 0 Å². The van der Waals surface area contributed by atoms with Crippen molar-refractivity contribution < 1.29 is 9.59 Å². The fourth-order valence-corrected chi connectivity index (χ4v) is 2.52. The summed E-state index contributed by atoms with van der Waals surface area (Å²) in [7, 11) is 1.73. The molecule has 1 aromatic rings. The second-order valence-corrected chi connectivity index (χ2v) is 5.53. The van der Waals surface area contributed by atoms with Crippen molar-refractivity contribution in [2.24, 2.45) is 5.92 Å². The second kappa shape index (κ2) is 6.61. The summed E-state index contributed by atoms with van der Waals surface area (Å²) in [4.78, 5) is 25.6. The van der Waals surface area contributed by atoms with Crippen molar-refractivity contribution in [2.45, 2.75) is 26.3 Å². The molecule has 0 spiro atoms. The van der Waals surface area contributed by atoms with Gasteiger partial charge >= 0.3 is 0 Å². The number of para-hydroxylation sites is 1. The summed E-state index contributed by atoms with van der Waals surface area (Å²) in [6.45, 7) is 4.61. The maximum Gasteiger partial charge on any atom is 0.241 e. The highest BCUT2D eigenvalue weighted by molar-refractivity contribution is 5.87. The van der Waals surface area contributed by atoms with E-state index in [2.05, 4.69) is 10.6 Å². The molecule has 0 aromatic heterocycles. The molecule has 1 aliphatic heterocycles. The highest BCUT2D eigenvalue weighted by atomic mass is 16.2. The van der Waals surface area contributed by atoms with Crippen LogP contribution >= 0.6 is 0 Å². The lowest BCUT2D eigenvalue weighted by molar-refractivity contribution is -0.133. The number of fused-ring (bicyclic) bond motifs is 1. The normalized spacial score (nSPS) is 20.1. The summed E-state index contributed by atoms with van der Waals surface area (Å²) in [5, 5.41) is 6.11. The fraction of sp³-hybridized carbons (Fsp3) is 0.500. The summed E-state index contributed by atoms with van der Waals surface area (Å²) in [5.74, 6) is -0.287. The molecule has 1 aliphatic rings. The van der Waals surface area contributed by atoms with Crippen LogP contribution in [0.4, 0.5) is 5.69 Å². The lowest BCUT2D eigenvalue weighted by atomic mass is 9.87. The Hall–Kier alpha value is -2.04. The number of likely N-dealkylation sites (N-methyl/N-ethyl adjacent to an activating group) is 1. The van der Waals surface area contributed by atoms with Gasteiger partial charge in [0.1, 0.15) is 0 Å². The van der Waals surface area contributed by atoms with Gasteiger partial charge in [-0.25, -0.2) is 0 Å². The number of carbonyl (C=O) groups excluding carboxylic acids is 2. The predicted octanol–water partition coefficient (Wildman–Crippen LogP) is 1.25. The SMILES string of the molecule is CCN(C)C(=O)CNC(=O)C1Cc2ccccc2NC1C. The molecule has 2 atom stereocenters. The number of carbonyl (C=O) groups is 2. The van der Waals surface area contributed by atoms with Crippen LogP contribution < -0.4 is 10.6 Å². The zero-order valence-electron chi connectivity index (χ0n) is 12.8. The van der Waals surface area contributed by atoms with Crippen molar-refractivity contribution in [2.75, 3.05) is 25.5 Å². The van der Waals surface area contributed by atoms with Crippen molar-refractivity contribution in [3.8, 4) is 0 Å². The highest BCUT2D eigenvalue weighted by Gasteiger charge is 2.30. The Kier molecular flexibility index (Phi) is 4.83. The third kappa shape index (κ3) is 3.54. The van der Waals surface area contributed by atoms with Gasteiger partial charge in [0.2, 0.25) is 11.8 Å². The van der Waals surface area contributed by atoms with Crippen molar-refractivity contribution in [3.63, 3.8) is 0 Å². The van der Waals surface area contributed by atoms with Crippen molar-refractivity contribution in [1.82, 2.24) is 10.2 Å². The van der Waals surface area contributed by atoms with E-state index in [1.165, 1.54) is 0 Å². The second-order valence-electron chi connectivity index (χ2n) is 5.53. The van der Waals surface area contributed by atoms with Crippen molar-refractivity contribution >= 4 is 17.5 Å².